The van der Waals surface area contributed by atoms with Crippen molar-refractivity contribution in [3.63, 3.8) is 0 Å². The largest absolute Gasteiger partial charge is 0.459 e. The predicted molar refractivity (Wildman–Crippen MR) is 102 cm³/mol. The van der Waals surface area contributed by atoms with Crippen molar-refractivity contribution in [3.05, 3.63) is 47.2 Å². The Kier molecular flexibility index (Phi) is 5.45. The van der Waals surface area contributed by atoms with E-state index in [-0.39, 0.29) is 24.4 Å². The number of nitrogens with one attached hydrogen (secondary N) is 1. The van der Waals surface area contributed by atoms with Crippen molar-refractivity contribution in [2.24, 2.45) is 7.05 Å². The van der Waals surface area contributed by atoms with Gasteiger partial charge in [0, 0.05) is 44.5 Å². The lowest BCUT2D eigenvalue weighted by atomic mass is 10.1. The van der Waals surface area contributed by atoms with Crippen molar-refractivity contribution in [1.29, 1.82) is 0 Å². The van der Waals surface area contributed by atoms with Gasteiger partial charge in [-0.05, 0) is 19.1 Å². The molecule has 1 amide bonds. The lowest BCUT2D eigenvalue weighted by Crippen LogP contribution is -2.49. The molecule has 1 fully saturated rings. The SMILES string of the molecule is Cc1ccc(-c2nc(C(=O)N3CCNCC3c3nccn3C)cs2)o1.Cl. The fraction of sp³-hybridized carbons (Fsp3) is 0.353. The second-order valence-corrected chi connectivity index (χ2v) is 6.92. The lowest BCUT2D eigenvalue weighted by Gasteiger charge is -2.35. The third-order valence-electron chi connectivity index (χ3n) is 4.34. The normalized spacial score (nSPS) is 17.2. The highest BCUT2D eigenvalue weighted by Gasteiger charge is 2.32. The van der Waals surface area contributed by atoms with Crippen LogP contribution in [0.1, 0.15) is 28.1 Å². The van der Waals surface area contributed by atoms with Gasteiger partial charge in [0.15, 0.2) is 10.8 Å². The molecular formula is C17H20ClN5O2S. The maximum atomic E-state index is 13.0. The Labute approximate surface area is 161 Å². The minimum absolute atomic E-state index is 0. The summed E-state index contributed by atoms with van der Waals surface area (Å²) in [6.45, 7) is 3.97. The van der Waals surface area contributed by atoms with E-state index in [0.29, 0.717) is 24.5 Å². The molecule has 3 aromatic rings. The molecule has 7 nitrogen and oxygen atoms in total. The Morgan fingerprint density at radius 2 is 2.27 bits per heavy atom. The van der Waals surface area contributed by atoms with Crippen LogP contribution in [0.3, 0.4) is 0 Å². The van der Waals surface area contributed by atoms with Gasteiger partial charge in [0.2, 0.25) is 0 Å². The highest BCUT2D eigenvalue weighted by molar-refractivity contribution is 7.13. The molecule has 26 heavy (non-hydrogen) atoms. The maximum absolute atomic E-state index is 13.0. The van der Waals surface area contributed by atoms with Crippen LogP contribution in [0, 0.1) is 6.92 Å². The number of furan rings is 1. The Balaban J connectivity index is 0.00000196. The van der Waals surface area contributed by atoms with Gasteiger partial charge >= 0.3 is 0 Å². The maximum Gasteiger partial charge on any atom is 0.274 e. The number of halogens is 1. The summed E-state index contributed by atoms with van der Waals surface area (Å²) in [5, 5.41) is 5.86. The number of hydrogen-bond acceptors (Lipinski definition) is 6. The van der Waals surface area contributed by atoms with Crippen LogP contribution in [0.15, 0.2) is 34.3 Å². The number of nitrogens with zero attached hydrogens (tertiary/aromatic N) is 4. The van der Waals surface area contributed by atoms with E-state index in [1.54, 1.807) is 11.6 Å². The Hall–Kier alpha value is -2.16. The first-order valence-corrected chi connectivity index (χ1v) is 9.02. The quantitative estimate of drug-likeness (QED) is 0.740. The molecule has 4 rings (SSSR count). The van der Waals surface area contributed by atoms with E-state index < -0.39 is 0 Å². The third kappa shape index (κ3) is 3.40. The molecule has 1 aliphatic rings. The predicted octanol–water partition coefficient (Wildman–Crippen LogP) is 2.65. The minimum Gasteiger partial charge on any atom is -0.459 e. The first-order chi connectivity index (χ1) is 12.1. The van der Waals surface area contributed by atoms with Gasteiger partial charge in [-0.1, -0.05) is 0 Å². The van der Waals surface area contributed by atoms with Crippen LogP contribution in [0.5, 0.6) is 0 Å². The van der Waals surface area contributed by atoms with Gasteiger partial charge < -0.3 is 19.2 Å². The van der Waals surface area contributed by atoms with Gasteiger partial charge in [-0.25, -0.2) is 9.97 Å². The standard InChI is InChI=1S/C17H19N5O2S.ClH/c1-11-3-4-14(24-11)16-20-12(10-25-16)17(23)22-8-5-18-9-13(22)15-19-6-7-21(15)2;/h3-4,6-7,10,13,18H,5,8-9H2,1-2H3;1H. The van der Waals surface area contributed by atoms with E-state index in [2.05, 4.69) is 15.3 Å². The zero-order valence-electron chi connectivity index (χ0n) is 14.5. The summed E-state index contributed by atoms with van der Waals surface area (Å²) in [6.07, 6.45) is 3.65. The monoisotopic (exact) mass is 393 g/mol. The van der Waals surface area contributed by atoms with E-state index in [0.717, 1.165) is 23.1 Å². The number of rotatable bonds is 3. The molecule has 4 heterocycles. The number of aromatic nitrogens is 3. The van der Waals surface area contributed by atoms with Crippen molar-refractivity contribution >= 4 is 29.7 Å². The molecule has 9 heteroatoms. The number of imidazole rings is 1. The summed E-state index contributed by atoms with van der Waals surface area (Å²) in [6, 6.07) is 3.67. The van der Waals surface area contributed by atoms with E-state index >= 15 is 0 Å². The van der Waals surface area contributed by atoms with E-state index in [9.17, 15) is 4.79 Å². The highest BCUT2D eigenvalue weighted by Crippen LogP contribution is 2.28. The first kappa shape index (κ1) is 18.6. The number of aryl methyl sites for hydroxylation is 2. The van der Waals surface area contributed by atoms with Crippen LogP contribution < -0.4 is 5.32 Å². The molecule has 3 aromatic heterocycles. The van der Waals surface area contributed by atoms with Gasteiger partial charge in [-0.3, -0.25) is 4.79 Å². The average molecular weight is 394 g/mol. The fourth-order valence-electron chi connectivity index (χ4n) is 3.06. The average Bonchev–Trinajstić information content (AvgIpc) is 3.34. The molecule has 1 saturated heterocycles. The molecule has 138 valence electrons. The molecule has 1 aliphatic heterocycles. The molecule has 0 aromatic carbocycles. The van der Waals surface area contributed by atoms with Crippen LogP contribution >= 0.6 is 23.7 Å². The molecule has 0 bridgehead atoms. The molecule has 1 N–H and O–H groups in total. The van der Waals surface area contributed by atoms with Crippen LogP contribution in [0.2, 0.25) is 0 Å². The van der Waals surface area contributed by atoms with Crippen LogP contribution in [-0.4, -0.2) is 45.0 Å². The summed E-state index contributed by atoms with van der Waals surface area (Å²) in [5.41, 5.74) is 0.454. The van der Waals surface area contributed by atoms with E-state index in [1.807, 2.05) is 41.8 Å². The van der Waals surface area contributed by atoms with Gasteiger partial charge in [-0.2, -0.15) is 0 Å². The number of carbonyl (C=O) groups excluding carboxylic acids is 1. The Bertz CT molecular complexity index is 903. The van der Waals surface area contributed by atoms with Gasteiger partial charge in [0.1, 0.15) is 23.3 Å². The second-order valence-electron chi connectivity index (χ2n) is 6.06. The highest BCUT2D eigenvalue weighted by atomic mass is 35.5. The molecule has 0 aliphatic carbocycles. The molecule has 1 atom stereocenters. The van der Waals surface area contributed by atoms with Crippen molar-refractivity contribution in [3.8, 4) is 10.8 Å². The smallest absolute Gasteiger partial charge is 0.274 e. The summed E-state index contributed by atoms with van der Waals surface area (Å²) in [4.78, 5) is 23.8. The third-order valence-corrected chi connectivity index (χ3v) is 5.19. The van der Waals surface area contributed by atoms with Crippen molar-refractivity contribution in [2.75, 3.05) is 19.6 Å². The van der Waals surface area contributed by atoms with Crippen LogP contribution in [0.4, 0.5) is 0 Å². The van der Waals surface area contributed by atoms with Gasteiger partial charge in [0.25, 0.3) is 5.91 Å². The molecule has 1 unspecified atom stereocenters. The second kappa shape index (κ2) is 7.61. The molecule has 0 radical (unpaired) electrons. The van der Waals surface area contributed by atoms with E-state index in [1.165, 1.54) is 11.3 Å². The summed E-state index contributed by atoms with van der Waals surface area (Å²) >= 11 is 1.42. The Morgan fingerprint density at radius 3 is 2.96 bits per heavy atom. The molecule has 0 spiro atoms. The molecule has 0 saturated carbocycles. The summed E-state index contributed by atoms with van der Waals surface area (Å²) in [5.74, 6) is 2.33. The Morgan fingerprint density at radius 1 is 1.42 bits per heavy atom. The number of carbonyl (C=O) groups is 1. The lowest BCUT2D eigenvalue weighted by molar-refractivity contribution is 0.0615. The number of hydrogen-bond donors (Lipinski definition) is 1. The first-order valence-electron chi connectivity index (χ1n) is 8.14. The van der Waals surface area contributed by atoms with Crippen LogP contribution in [-0.2, 0) is 7.05 Å². The summed E-state index contributed by atoms with van der Waals surface area (Å²) < 4.78 is 7.56. The number of thiazole rings is 1. The fourth-order valence-corrected chi connectivity index (χ4v) is 3.81. The van der Waals surface area contributed by atoms with Gasteiger partial charge in [-0.15, -0.1) is 23.7 Å². The number of amides is 1. The zero-order chi connectivity index (χ0) is 17.4. The van der Waals surface area contributed by atoms with Crippen molar-refractivity contribution in [1.82, 2.24) is 24.8 Å². The van der Waals surface area contributed by atoms with E-state index in [4.69, 9.17) is 4.42 Å². The van der Waals surface area contributed by atoms with Crippen LogP contribution in [0.25, 0.3) is 10.8 Å². The van der Waals surface area contributed by atoms with Crippen molar-refractivity contribution in [2.45, 2.75) is 13.0 Å². The van der Waals surface area contributed by atoms with Crippen molar-refractivity contribution < 1.29 is 9.21 Å². The molecular weight excluding hydrogens is 374 g/mol. The summed E-state index contributed by atoms with van der Waals surface area (Å²) in [7, 11) is 1.94. The topological polar surface area (TPSA) is 76.2 Å². The minimum atomic E-state index is -0.0998. The zero-order valence-corrected chi connectivity index (χ0v) is 16.1. The number of piperazine rings is 1. The van der Waals surface area contributed by atoms with Gasteiger partial charge in [0.05, 0.1) is 0 Å².